The van der Waals surface area contributed by atoms with Crippen molar-refractivity contribution in [3.63, 3.8) is 0 Å². The van der Waals surface area contributed by atoms with E-state index in [9.17, 15) is 5.11 Å². The summed E-state index contributed by atoms with van der Waals surface area (Å²) in [6.45, 7) is 0.692. The Morgan fingerprint density at radius 3 is 2.33 bits per heavy atom. The van der Waals surface area contributed by atoms with Crippen molar-refractivity contribution in [2.45, 2.75) is 12.6 Å². The molecule has 0 radical (unpaired) electrons. The number of aliphatic hydroxyl groups excluding tert-OH is 1. The van der Waals surface area contributed by atoms with Crippen molar-refractivity contribution in [1.29, 1.82) is 0 Å². The SMILES string of the molecule is COc1ccc(CN[C@H](CO)c2ccccc2)cc1OC. The molecule has 4 nitrogen and oxygen atoms in total. The molecular formula is C17H21NO3. The Bertz CT molecular complexity index is 557. The number of hydrogen-bond acceptors (Lipinski definition) is 4. The van der Waals surface area contributed by atoms with Gasteiger partial charge in [0.1, 0.15) is 0 Å². The highest BCUT2D eigenvalue weighted by Gasteiger charge is 2.10. The normalized spacial score (nSPS) is 12.0. The lowest BCUT2D eigenvalue weighted by atomic mass is 10.1. The molecule has 0 saturated carbocycles. The largest absolute Gasteiger partial charge is 0.493 e. The Hall–Kier alpha value is -2.04. The number of benzene rings is 2. The summed E-state index contributed by atoms with van der Waals surface area (Å²) in [4.78, 5) is 0. The average Bonchev–Trinajstić information content (AvgIpc) is 2.56. The van der Waals surface area contributed by atoms with Crippen LogP contribution in [0.5, 0.6) is 11.5 Å². The quantitative estimate of drug-likeness (QED) is 0.821. The maximum absolute atomic E-state index is 9.53. The van der Waals surface area contributed by atoms with Crippen molar-refractivity contribution >= 4 is 0 Å². The Morgan fingerprint density at radius 1 is 1.00 bits per heavy atom. The van der Waals surface area contributed by atoms with Crippen LogP contribution in [0.2, 0.25) is 0 Å². The number of hydrogen-bond donors (Lipinski definition) is 2. The van der Waals surface area contributed by atoms with Gasteiger partial charge in [-0.25, -0.2) is 0 Å². The molecule has 112 valence electrons. The molecule has 0 fully saturated rings. The monoisotopic (exact) mass is 287 g/mol. The minimum atomic E-state index is -0.0840. The van der Waals surface area contributed by atoms with Gasteiger partial charge in [-0.3, -0.25) is 0 Å². The average molecular weight is 287 g/mol. The maximum atomic E-state index is 9.53. The van der Waals surface area contributed by atoms with Crippen LogP contribution in [0.1, 0.15) is 17.2 Å². The molecule has 0 bridgehead atoms. The van der Waals surface area contributed by atoms with Crippen molar-refractivity contribution in [3.8, 4) is 11.5 Å². The minimum Gasteiger partial charge on any atom is -0.493 e. The third-order valence-electron chi connectivity index (χ3n) is 3.39. The molecular weight excluding hydrogens is 266 g/mol. The van der Waals surface area contributed by atoms with Crippen LogP contribution in [-0.4, -0.2) is 25.9 Å². The molecule has 0 saturated heterocycles. The van der Waals surface area contributed by atoms with Gasteiger partial charge in [-0.15, -0.1) is 0 Å². The number of methoxy groups -OCH3 is 2. The molecule has 4 heteroatoms. The Balaban J connectivity index is 2.05. The second kappa shape index (κ2) is 7.67. The summed E-state index contributed by atoms with van der Waals surface area (Å²) in [5, 5.41) is 12.9. The van der Waals surface area contributed by atoms with Gasteiger partial charge >= 0.3 is 0 Å². The zero-order valence-electron chi connectivity index (χ0n) is 12.4. The number of ether oxygens (including phenoxy) is 2. The van der Waals surface area contributed by atoms with E-state index < -0.39 is 0 Å². The summed E-state index contributed by atoms with van der Waals surface area (Å²) in [5.74, 6) is 1.42. The fourth-order valence-electron chi connectivity index (χ4n) is 2.20. The molecule has 2 aromatic rings. The van der Waals surface area contributed by atoms with Crippen LogP contribution in [0, 0.1) is 0 Å². The van der Waals surface area contributed by atoms with Crippen molar-refractivity contribution < 1.29 is 14.6 Å². The third-order valence-corrected chi connectivity index (χ3v) is 3.39. The Labute approximate surface area is 125 Å². The van der Waals surface area contributed by atoms with Crippen LogP contribution in [0.15, 0.2) is 48.5 Å². The molecule has 0 spiro atoms. The first kappa shape index (κ1) is 15.4. The zero-order chi connectivity index (χ0) is 15.1. The molecule has 0 aliphatic heterocycles. The second-order valence-electron chi connectivity index (χ2n) is 4.72. The smallest absolute Gasteiger partial charge is 0.161 e. The summed E-state index contributed by atoms with van der Waals surface area (Å²) >= 11 is 0. The van der Waals surface area contributed by atoms with Gasteiger partial charge < -0.3 is 19.9 Å². The highest BCUT2D eigenvalue weighted by Crippen LogP contribution is 2.27. The summed E-state index contributed by atoms with van der Waals surface area (Å²) in [6, 6.07) is 15.6. The molecule has 2 aromatic carbocycles. The van der Waals surface area contributed by atoms with Crippen LogP contribution < -0.4 is 14.8 Å². The number of rotatable bonds is 7. The van der Waals surface area contributed by atoms with Crippen molar-refractivity contribution in [2.24, 2.45) is 0 Å². The molecule has 0 aliphatic carbocycles. The summed E-state index contributed by atoms with van der Waals surface area (Å²) in [7, 11) is 3.24. The van der Waals surface area contributed by atoms with E-state index in [4.69, 9.17) is 9.47 Å². The summed E-state index contributed by atoms with van der Waals surface area (Å²) in [5.41, 5.74) is 2.14. The molecule has 0 aliphatic rings. The minimum absolute atomic E-state index is 0.0529. The van der Waals surface area contributed by atoms with Gasteiger partial charge in [-0.2, -0.15) is 0 Å². The Kier molecular flexibility index (Phi) is 5.60. The topological polar surface area (TPSA) is 50.7 Å². The van der Waals surface area contributed by atoms with Crippen LogP contribution >= 0.6 is 0 Å². The first-order valence-electron chi connectivity index (χ1n) is 6.88. The maximum Gasteiger partial charge on any atom is 0.161 e. The third kappa shape index (κ3) is 3.97. The molecule has 1 atom stereocenters. The van der Waals surface area contributed by atoms with Gasteiger partial charge in [0, 0.05) is 6.54 Å². The molecule has 21 heavy (non-hydrogen) atoms. The van der Waals surface area contributed by atoms with Gasteiger partial charge in [0.15, 0.2) is 11.5 Å². The fraction of sp³-hybridized carbons (Fsp3) is 0.294. The molecule has 0 unspecified atom stereocenters. The first-order chi connectivity index (χ1) is 10.3. The van der Waals surface area contributed by atoms with Crippen molar-refractivity contribution in [2.75, 3.05) is 20.8 Å². The van der Waals surface area contributed by atoms with Gasteiger partial charge in [0.25, 0.3) is 0 Å². The zero-order valence-corrected chi connectivity index (χ0v) is 12.4. The standard InChI is InChI=1S/C17H21NO3/c1-20-16-9-8-13(10-17(16)21-2)11-18-15(12-19)14-6-4-3-5-7-14/h3-10,15,18-19H,11-12H2,1-2H3/t15-/m1/s1. The van der Waals surface area contributed by atoms with E-state index in [-0.39, 0.29) is 12.6 Å². The highest BCUT2D eigenvalue weighted by atomic mass is 16.5. The number of aliphatic hydroxyl groups is 1. The van der Waals surface area contributed by atoms with Gasteiger partial charge in [0.2, 0.25) is 0 Å². The van der Waals surface area contributed by atoms with Crippen LogP contribution in [0.4, 0.5) is 0 Å². The Morgan fingerprint density at radius 2 is 1.71 bits per heavy atom. The van der Waals surface area contributed by atoms with Gasteiger partial charge in [-0.05, 0) is 23.3 Å². The second-order valence-corrected chi connectivity index (χ2v) is 4.72. The first-order valence-corrected chi connectivity index (χ1v) is 6.88. The van der Waals surface area contributed by atoms with Crippen LogP contribution in [-0.2, 0) is 6.54 Å². The molecule has 2 rings (SSSR count). The van der Waals surface area contributed by atoms with E-state index in [0.717, 1.165) is 11.1 Å². The van der Waals surface area contributed by atoms with E-state index >= 15 is 0 Å². The van der Waals surface area contributed by atoms with Crippen molar-refractivity contribution in [3.05, 3.63) is 59.7 Å². The van der Waals surface area contributed by atoms with Gasteiger partial charge in [-0.1, -0.05) is 36.4 Å². The van der Waals surface area contributed by atoms with Crippen molar-refractivity contribution in [1.82, 2.24) is 5.32 Å². The van der Waals surface area contributed by atoms with E-state index in [1.54, 1.807) is 14.2 Å². The summed E-state index contributed by atoms with van der Waals surface area (Å²) < 4.78 is 10.5. The lowest BCUT2D eigenvalue weighted by molar-refractivity contribution is 0.243. The number of nitrogens with one attached hydrogen (secondary N) is 1. The summed E-state index contributed by atoms with van der Waals surface area (Å²) in [6.07, 6.45) is 0. The fourth-order valence-corrected chi connectivity index (χ4v) is 2.20. The molecule has 0 amide bonds. The molecule has 0 aromatic heterocycles. The van der Waals surface area contributed by atoms with E-state index in [1.165, 1.54) is 0 Å². The van der Waals surface area contributed by atoms with E-state index in [1.807, 2.05) is 48.5 Å². The predicted octanol–water partition coefficient (Wildman–Crippen LogP) is 2.53. The lowest BCUT2D eigenvalue weighted by Gasteiger charge is -2.17. The van der Waals surface area contributed by atoms with Gasteiger partial charge in [0.05, 0.1) is 26.9 Å². The van der Waals surface area contributed by atoms with Crippen LogP contribution in [0.25, 0.3) is 0 Å². The molecule has 2 N–H and O–H groups in total. The lowest BCUT2D eigenvalue weighted by Crippen LogP contribution is -2.23. The van der Waals surface area contributed by atoms with E-state index in [2.05, 4.69) is 5.32 Å². The van der Waals surface area contributed by atoms with Crippen LogP contribution in [0.3, 0.4) is 0 Å². The van der Waals surface area contributed by atoms with E-state index in [0.29, 0.717) is 18.0 Å². The highest BCUT2D eigenvalue weighted by molar-refractivity contribution is 5.42. The molecule has 0 heterocycles. The predicted molar refractivity (Wildman–Crippen MR) is 82.7 cm³/mol.